The van der Waals surface area contributed by atoms with Crippen LogP contribution in [0.3, 0.4) is 0 Å². The van der Waals surface area contributed by atoms with E-state index in [1.54, 1.807) is 0 Å². The molecule has 0 radical (unpaired) electrons. The molecule has 1 rings (SSSR count). The highest BCUT2D eigenvalue weighted by Gasteiger charge is 2.33. The van der Waals surface area contributed by atoms with Crippen LogP contribution in [0.2, 0.25) is 0 Å². The van der Waals surface area contributed by atoms with Gasteiger partial charge in [-0.2, -0.15) is 0 Å². The van der Waals surface area contributed by atoms with Gasteiger partial charge in [0.25, 0.3) is 0 Å². The Hall–Kier alpha value is -0.0400. The second-order valence-corrected chi connectivity index (χ2v) is 5.52. The van der Waals surface area contributed by atoms with Gasteiger partial charge in [0.1, 0.15) is 0 Å². The predicted molar refractivity (Wildman–Crippen MR) is 63.5 cm³/mol. The molecule has 14 heavy (non-hydrogen) atoms. The molecule has 0 aromatic carbocycles. The van der Waals surface area contributed by atoms with Crippen LogP contribution in [0.25, 0.3) is 0 Å². The summed E-state index contributed by atoms with van der Waals surface area (Å²) < 4.78 is 0. The molecule has 1 unspecified atom stereocenters. The quantitative estimate of drug-likeness (QED) is 0.710. The van der Waals surface area contributed by atoms with E-state index in [9.17, 15) is 0 Å². The summed E-state index contributed by atoms with van der Waals surface area (Å²) in [6.07, 6.45) is 6.82. The van der Waals surface area contributed by atoms with Gasteiger partial charge in [0.2, 0.25) is 0 Å². The lowest BCUT2D eigenvalue weighted by atomic mass is 9.87. The number of nitrogens with one attached hydrogen (secondary N) is 1. The minimum atomic E-state index is 0.534. The van der Waals surface area contributed by atoms with Gasteiger partial charge < -0.3 is 5.32 Å². The summed E-state index contributed by atoms with van der Waals surface area (Å²) in [4.78, 5) is 0. The zero-order valence-corrected chi connectivity index (χ0v) is 10.4. The maximum atomic E-state index is 3.77. The fraction of sp³-hybridized carbons (Fsp3) is 1.00. The van der Waals surface area contributed by atoms with Crippen molar-refractivity contribution in [3.05, 3.63) is 0 Å². The molecule has 0 aliphatic heterocycles. The first-order chi connectivity index (χ1) is 6.60. The Morgan fingerprint density at radius 1 is 1.29 bits per heavy atom. The Morgan fingerprint density at radius 2 is 1.93 bits per heavy atom. The van der Waals surface area contributed by atoms with E-state index in [0.29, 0.717) is 5.41 Å². The molecule has 1 fully saturated rings. The van der Waals surface area contributed by atoms with Gasteiger partial charge >= 0.3 is 0 Å². The Kier molecular flexibility index (Phi) is 4.43. The fourth-order valence-electron chi connectivity index (χ4n) is 2.59. The van der Waals surface area contributed by atoms with Crippen LogP contribution < -0.4 is 5.32 Å². The molecule has 0 amide bonds. The van der Waals surface area contributed by atoms with Crippen LogP contribution in [0.5, 0.6) is 0 Å². The molecule has 0 bridgehead atoms. The van der Waals surface area contributed by atoms with Gasteiger partial charge in [-0.25, -0.2) is 0 Å². The SMILES string of the molecule is CCC(CC)CNC1CCCC1(C)C. The van der Waals surface area contributed by atoms with Gasteiger partial charge in [0, 0.05) is 6.04 Å². The molecule has 1 heteroatoms. The Morgan fingerprint density at radius 3 is 2.36 bits per heavy atom. The third-order valence-corrected chi connectivity index (χ3v) is 4.06. The van der Waals surface area contributed by atoms with Gasteiger partial charge in [-0.3, -0.25) is 0 Å². The molecule has 0 heterocycles. The van der Waals surface area contributed by atoms with Crippen LogP contribution >= 0.6 is 0 Å². The van der Waals surface area contributed by atoms with Crippen LogP contribution in [0.4, 0.5) is 0 Å². The van der Waals surface area contributed by atoms with Crippen molar-refractivity contribution in [3.8, 4) is 0 Å². The summed E-state index contributed by atoms with van der Waals surface area (Å²) in [5.41, 5.74) is 0.534. The minimum Gasteiger partial charge on any atom is -0.313 e. The first-order valence-electron chi connectivity index (χ1n) is 6.33. The third-order valence-electron chi connectivity index (χ3n) is 4.06. The molecule has 0 aromatic rings. The van der Waals surface area contributed by atoms with E-state index >= 15 is 0 Å². The lowest BCUT2D eigenvalue weighted by molar-refractivity contribution is 0.268. The van der Waals surface area contributed by atoms with E-state index in [1.807, 2.05) is 0 Å². The topological polar surface area (TPSA) is 12.0 Å². The maximum absolute atomic E-state index is 3.77. The first-order valence-corrected chi connectivity index (χ1v) is 6.33. The molecular formula is C13H27N. The van der Waals surface area contributed by atoms with Crippen molar-refractivity contribution >= 4 is 0 Å². The minimum absolute atomic E-state index is 0.534. The number of rotatable bonds is 5. The van der Waals surface area contributed by atoms with Gasteiger partial charge in [-0.05, 0) is 30.7 Å². The first kappa shape index (κ1) is 12.0. The molecule has 1 aliphatic carbocycles. The van der Waals surface area contributed by atoms with E-state index in [2.05, 4.69) is 33.0 Å². The second-order valence-electron chi connectivity index (χ2n) is 5.52. The Bertz CT molecular complexity index is 159. The van der Waals surface area contributed by atoms with Crippen LogP contribution in [-0.4, -0.2) is 12.6 Å². The molecule has 0 spiro atoms. The third kappa shape index (κ3) is 2.98. The van der Waals surface area contributed by atoms with E-state index in [0.717, 1.165) is 12.0 Å². The molecule has 0 saturated heterocycles. The van der Waals surface area contributed by atoms with Gasteiger partial charge in [0.15, 0.2) is 0 Å². The largest absolute Gasteiger partial charge is 0.313 e. The summed E-state index contributed by atoms with van der Waals surface area (Å²) in [6, 6.07) is 0.767. The maximum Gasteiger partial charge on any atom is 0.0118 e. The van der Waals surface area contributed by atoms with E-state index in [-0.39, 0.29) is 0 Å². The summed E-state index contributed by atoms with van der Waals surface area (Å²) in [5.74, 6) is 0.881. The lowest BCUT2D eigenvalue weighted by Crippen LogP contribution is -2.40. The fourth-order valence-corrected chi connectivity index (χ4v) is 2.59. The zero-order chi connectivity index (χ0) is 10.6. The molecule has 1 atom stereocenters. The monoisotopic (exact) mass is 197 g/mol. The highest BCUT2D eigenvalue weighted by molar-refractivity contribution is 4.90. The van der Waals surface area contributed by atoms with Crippen molar-refractivity contribution in [2.75, 3.05) is 6.54 Å². The smallest absolute Gasteiger partial charge is 0.0118 e. The van der Waals surface area contributed by atoms with Crippen molar-refractivity contribution in [3.63, 3.8) is 0 Å². The Labute approximate surface area is 89.7 Å². The predicted octanol–water partition coefficient (Wildman–Crippen LogP) is 3.59. The van der Waals surface area contributed by atoms with E-state index in [1.165, 1.54) is 38.6 Å². The van der Waals surface area contributed by atoms with Crippen molar-refractivity contribution < 1.29 is 0 Å². The summed E-state index contributed by atoms with van der Waals surface area (Å²) in [6.45, 7) is 10.6. The van der Waals surface area contributed by atoms with Crippen LogP contribution in [-0.2, 0) is 0 Å². The summed E-state index contributed by atoms with van der Waals surface area (Å²) in [5, 5.41) is 3.77. The molecule has 1 saturated carbocycles. The van der Waals surface area contributed by atoms with Crippen molar-refractivity contribution in [2.24, 2.45) is 11.3 Å². The van der Waals surface area contributed by atoms with Gasteiger partial charge in [0.05, 0.1) is 0 Å². The Balaban J connectivity index is 2.30. The molecule has 84 valence electrons. The standard InChI is InChI=1S/C13H27N/c1-5-11(6-2)10-14-12-8-7-9-13(12,3)4/h11-12,14H,5-10H2,1-4H3. The summed E-state index contributed by atoms with van der Waals surface area (Å²) >= 11 is 0. The average Bonchev–Trinajstić information content (AvgIpc) is 2.47. The number of hydrogen-bond acceptors (Lipinski definition) is 1. The molecule has 1 nitrogen and oxygen atoms in total. The van der Waals surface area contributed by atoms with Crippen LogP contribution in [0.15, 0.2) is 0 Å². The lowest BCUT2D eigenvalue weighted by Gasteiger charge is -2.29. The van der Waals surface area contributed by atoms with Crippen molar-refractivity contribution in [2.45, 2.75) is 65.8 Å². The molecule has 1 N–H and O–H groups in total. The van der Waals surface area contributed by atoms with E-state index < -0.39 is 0 Å². The van der Waals surface area contributed by atoms with Crippen molar-refractivity contribution in [1.82, 2.24) is 5.32 Å². The van der Waals surface area contributed by atoms with Gasteiger partial charge in [-0.15, -0.1) is 0 Å². The number of hydrogen-bond donors (Lipinski definition) is 1. The highest BCUT2D eigenvalue weighted by Crippen LogP contribution is 2.37. The van der Waals surface area contributed by atoms with Gasteiger partial charge in [-0.1, -0.05) is 47.0 Å². The molecular weight excluding hydrogens is 170 g/mol. The highest BCUT2D eigenvalue weighted by atomic mass is 14.9. The molecule has 0 aromatic heterocycles. The second kappa shape index (κ2) is 5.16. The van der Waals surface area contributed by atoms with E-state index in [4.69, 9.17) is 0 Å². The summed E-state index contributed by atoms with van der Waals surface area (Å²) in [7, 11) is 0. The van der Waals surface area contributed by atoms with Crippen LogP contribution in [0, 0.1) is 11.3 Å². The normalized spacial score (nSPS) is 25.9. The van der Waals surface area contributed by atoms with Crippen molar-refractivity contribution in [1.29, 1.82) is 0 Å². The van der Waals surface area contributed by atoms with Crippen LogP contribution in [0.1, 0.15) is 59.8 Å². The molecule has 1 aliphatic rings. The zero-order valence-electron chi connectivity index (χ0n) is 10.4. The average molecular weight is 197 g/mol.